The molecule has 0 atom stereocenters. The van der Waals surface area contributed by atoms with Crippen molar-refractivity contribution in [1.82, 2.24) is 14.9 Å². The predicted octanol–water partition coefficient (Wildman–Crippen LogP) is 3.07. The SMILES string of the molecule is Cc1ccc(OC2CCN(Cc3cnc(C)[nH]3)CC2)cc1. The summed E-state index contributed by atoms with van der Waals surface area (Å²) < 4.78 is 6.07. The van der Waals surface area contributed by atoms with Crippen LogP contribution in [0.1, 0.15) is 29.9 Å². The van der Waals surface area contributed by atoms with Gasteiger partial charge in [0.15, 0.2) is 0 Å². The molecule has 1 N–H and O–H groups in total. The third-order valence-electron chi connectivity index (χ3n) is 4.01. The number of hydrogen-bond donors (Lipinski definition) is 1. The van der Waals surface area contributed by atoms with Gasteiger partial charge in [-0.25, -0.2) is 4.98 Å². The van der Waals surface area contributed by atoms with Gasteiger partial charge < -0.3 is 9.72 Å². The summed E-state index contributed by atoms with van der Waals surface area (Å²) in [6.45, 7) is 7.20. The quantitative estimate of drug-likeness (QED) is 0.938. The summed E-state index contributed by atoms with van der Waals surface area (Å²) >= 11 is 0. The second-order valence-electron chi connectivity index (χ2n) is 5.90. The fourth-order valence-corrected chi connectivity index (χ4v) is 2.79. The first-order valence-corrected chi connectivity index (χ1v) is 7.65. The largest absolute Gasteiger partial charge is 0.490 e. The van der Waals surface area contributed by atoms with Gasteiger partial charge in [-0.1, -0.05) is 17.7 Å². The molecule has 0 radical (unpaired) electrons. The summed E-state index contributed by atoms with van der Waals surface area (Å²) in [4.78, 5) is 10.0. The molecule has 1 saturated heterocycles. The van der Waals surface area contributed by atoms with Crippen LogP contribution < -0.4 is 4.74 Å². The fourth-order valence-electron chi connectivity index (χ4n) is 2.79. The van der Waals surface area contributed by atoms with Crippen LogP contribution in [-0.4, -0.2) is 34.1 Å². The van der Waals surface area contributed by atoms with Gasteiger partial charge in [0, 0.05) is 31.5 Å². The monoisotopic (exact) mass is 285 g/mol. The standard InChI is InChI=1S/C17H23N3O/c1-13-3-5-16(6-4-13)21-17-7-9-20(10-8-17)12-15-11-18-14(2)19-15/h3-6,11,17H,7-10,12H2,1-2H3,(H,18,19). The third kappa shape index (κ3) is 3.85. The van der Waals surface area contributed by atoms with Crippen LogP contribution in [-0.2, 0) is 6.54 Å². The van der Waals surface area contributed by atoms with Gasteiger partial charge in [0.2, 0.25) is 0 Å². The molecule has 0 saturated carbocycles. The second kappa shape index (κ2) is 6.31. The van der Waals surface area contributed by atoms with E-state index in [1.165, 1.54) is 11.3 Å². The van der Waals surface area contributed by atoms with Gasteiger partial charge in [-0.15, -0.1) is 0 Å². The number of likely N-dealkylation sites (tertiary alicyclic amines) is 1. The molecule has 0 spiro atoms. The number of H-pyrrole nitrogens is 1. The van der Waals surface area contributed by atoms with Gasteiger partial charge in [0.05, 0.1) is 0 Å². The van der Waals surface area contributed by atoms with E-state index in [4.69, 9.17) is 4.74 Å². The Balaban J connectivity index is 1.47. The number of nitrogens with zero attached hydrogens (tertiary/aromatic N) is 2. The number of aromatic nitrogens is 2. The van der Waals surface area contributed by atoms with Crippen molar-refractivity contribution < 1.29 is 4.74 Å². The van der Waals surface area contributed by atoms with Crippen LogP contribution in [0.25, 0.3) is 0 Å². The Morgan fingerprint density at radius 3 is 2.52 bits per heavy atom. The number of aryl methyl sites for hydroxylation is 2. The molecule has 2 heterocycles. The van der Waals surface area contributed by atoms with Crippen LogP contribution in [0, 0.1) is 13.8 Å². The van der Waals surface area contributed by atoms with Crippen molar-refractivity contribution in [2.75, 3.05) is 13.1 Å². The molecular formula is C17H23N3O. The van der Waals surface area contributed by atoms with Crippen LogP contribution in [0.2, 0.25) is 0 Å². The van der Waals surface area contributed by atoms with E-state index in [2.05, 4.69) is 46.1 Å². The Kier molecular flexibility index (Phi) is 4.25. The molecule has 0 bridgehead atoms. The fraction of sp³-hybridized carbons (Fsp3) is 0.471. The van der Waals surface area contributed by atoms with Crippen molar-refractivity contribution in [2.45, 2.75) is 39.3 Å². The Labute approximate surface area is 126 Å². The van der Waals surface area contributed by atoms with Crippen molar-refractivity contribution in [3.63, 3.8) is 0 Å². The lowest BCUT2D eigenvalue weighted by atomic mass is 10.1. The van der Waals surface area contributed by atoms with Gasteiger partial charge in [-0.3, -0.25) is 4.90 Å². The van der Waals surface area contributed by atoms with E-state index < -0.39 is 0 Å². The molecule has 1 aromatic heterocycles. The molecule has 4 heteroatoms. The third-order valence-corrected chi connectivity index (χ3v) is 4.01. The lowest BCUT2D eigenvalue weighted by Crippen LogP contribution is -2.37. The summed E-state index contributed by atoms with van der Waals surface area (Å²) in [5.74, 6) is 1.98. The lowest BCUT2D eigenvalue weighted by molar-refractivity contribution is 0.0962. The zero-order valence-electron chi connectivity index (χ0n) is 12.8. The molecule has 2 aromatic rings. The maximum absolute atomic E-state index is 6.07. The molecule has 0 aliphatic carbocycles. The average molecular weight is 285 g/mol. The van der Waals surface area contributed by atoms with Crippen molar-refractivity contribution in [3.05, 3.63) is 47.5 Å². The van der Waals surface area contributed by atoms with E-state index in [0.717, 1.165) is 44.0 Å². The van der Waals surface area contributed by atoms with Gasteiger partial charge in [-0.05, 0) is 38.8 Å². The summed E-state index contributed by atoms with van der Waals surface area (Å²) in [5, 5.41) is 0. The summed E-state index contributed by atoms with van der Waals surface area (Å²) in [7, 11) is 0. The first-order chi connectivity index (χ1) is 10.2. The van der Waals surface area contributed by atoms with Crippen LogP contribution in [0.15, 0.2) is 30.5 Å². The average Bonchev–Trinajstić information content (AvgIpc) is 2.89. The van der Waals surface area contributed by atoms with Gasteiger partial charge >= 0.3 is 0 Å². The van der Waals surface area contributed by atoms with Crippen LogP contribution in [0.3, 0.4) is 0 Å². The molecule has 1 aromatic carbocycles. The van der Waals surface area contributed by atoms with E-state index in [-0.39, 0.29) is 0 Å². The zero-order valence-corrected chi connectivity index (χ0v) is 12.8. The number of rotatable bonds is 4. The number of nitrogens with one attached hydrogen (secondary N) is 1. The van der Waals surface area contributed by atoms with E-state index in [0.29, 0.717) is 6.10 Å². The Morgan fingerprint density at radius 2 is 1.90 bits per heavy atom. The Hall–Kier alpha value is -1.81. The Morgan fingerprint density at radius 1 is 1.19 bits per heavy atom. The highest BCUT2D eigenvalue weighted by Crippen LogP contribution is 2.20. The topological polar surface area (TPSA) is 41.1 Å². The van der Waals surface area contributed by atoms with Crippen LogP contribution in [0.4, 0.5) is 0 Å². The second-order valence-corrected chi connectivity index (χ2v) is 5.90. The molecule has 0 unspecified atom stereocenters. The van der Waals surface area contributed by atoms with E-state index in [1.807, 2.05) is 13.1 Å². The highest BCUT2D eigenvalue weighted by atomic mass is 16.5. The van der Waals surface area contributed by atoms with Gasteiger partial charge in [-0.2, -0.15) is 0 Å². The number of benzene rings is 1. The Bertz CT molecular complexity index is 568. The highest BCUT2D eigenvalue weighted by Gasteiger charge is 2.20. The maximum atomic E-state index is 6.07. The minimum Gasteiger partial charge on any atom is -0.490 e. The summed E-state index contributed by atoms with van der Waals surface area (Å²) in [6, 6.07) is 8.33. The first-order valence-electron chi connectivity index (χ1n) is 7.65. The minimum atomic E-state index is 0.340. The number of ether oxygens (including phenoxy) is 1. The molecule has 0 amide bonds. The predicted molar refractivity (Wildman–Crippen MR) is 83.4 cm³/mol. The van der Waals surface area contributed by atoms with Crippen molar-refractivity contribution in [2.24, 2.45) is 0 Å². The van der Waals surface area contributed by atoms with Crippen molar-refractivity contribution >= 4 is 0 Å². The molecule has 1 aliphatic rings. The smallest absolute Gasteiger partial charge is 0.119 e. The molecule has 112 valence electrons. The van der Waals surface area contributed by atoms with Crippen LogP contribution in [0.5, 0.6) is 5.75 Å². The van der Waals surface area contributed by atoms with Crippen molar-refractivity contribution in [3.8, 4) is 5.75 Å². The highest BCUT2D eigenvalue weighted by molar-refractivity contribution is 5.26. The number of imidazole rings is 1. The summed E-state index contributed by atoms with van der Waals surface area (Å²) in [5.41, 5.74) is 2.47. The van der Waals surface area contributed by atoms with Crippen molar-refractivity contribution in [1.29, 1.82) is 0 Å². The maximum Gasteiger partial charge on any atom is 0.119 e. The van der Waals surface area contributed by atoms with Gasteiger partial charge in [0.1, 0.15) is 17.7 Å². The molecule has 21 heavy (non-hydrogen) atoms. The van der Waals surface area contributed by atoms with E-state index >= 15 is 0 Å². The lowest BCUT2D eigenvalue weighted by Gasteiger charge is -2.31. The van der Waals surface area contributed by atoms with E-state index in [1.54, 1.807) is 0 Å². The normalized spacial score (nSPS) is 17.0. The first kappa shape index (κ1) is 14.1. The number of hydrogen-bond acceptors (Lipinski definition) is 3. The number of aromatic amines is 1. The zero-order chi connectivity index (χ0) is 14.7. The molecule has 1 aliphatic heterocycles. The molecule has 3 rings (SSSR count). The van der Waals surface area contributed by atoms with E-state index in [9.17, 15) is 0 Å². The summed E-state index contributed by atoms with van der Waals surface area (Å²) in [6.07, 6.45) is 4.44. The molecular weight excluding hydrogens is 262 g/mol. The van der Waals surface area contributed by atoms with Gasteiger partial charge in [0.25, 0.3) is 0 Å². The van der Waals surface area contributed by atoms with Crippen LogP contribution >= 0.6 is 0 Å². The molecule has 4 nitrogen and oxygen atoms in total. The molecule has 1 fully saturated rings. The number of piperidine rings is 1. The minimum absolute atomic E-state index is 0.340.